The van der Waals surface area contributed by atoms with Crippen LogP contribution in [0.5, 0.6) is 0 Å². The van der Waals surface area contributed by atoms with Gasteiger partial charge in [-0.25, -0.2) is 0 Å². The van der Waals surface area contributed by atoms with E-state index >= 15 is 0 Å². The van der Waals surface area contributed by atoms with E-state index in [0.717, 1.165) is 0 Å². The van der Waals surface area contributed by atoms with Crippen molar-refractivity contribution in [1.82, 2.24) is 4.98 Å². The summed E-state index contributed by atoms with van der Waals surface area (Å²) in [5.41, 5.74) is 3.77. The smallest absolute Gasteiger partial charge is 1.00 e. The quantitative estimate of drug-likeness (QED) is 0.321. The number of benzene rings is 1. The summed E-state index contributed by atoms with van der Waals surface area (Å²) in [4.78, 5) is 3.01. The van der Waals surface area contributed by atoms with Crippen molar-refractivity contribution in [3.8, 4) is 0 Å². The third-order valence-corrected chi connectivity index (χ3v) is 4.98. The standard InChI is InChI=1S/C11H11Si.C7H10N.2ClH.Zr/c1-12(2)11-7-9-5-3-4-6-10(9)8-11;1-5-4-8-7(3)6(5)2;;;/h3-7H,1-2H3;8H,1-3H3;2*1H;/q2*-1;;;+4/p-2. The molecule has 5 heteroatoms. The molecule has 0 amide bonds. The van der Waals surface area contributed by atoms with E-state index in [1.165, 1.54) is 32.4 Å². The van der Waals surface area contributed by atoms with Crippen LogP contribution in [0.15, 0.2) is 24.3 Å². The Labute approximate surface area is 172 Å². The number of fused-ring (bicyclic) bond motifs is 1. The summed E-state index contributed by atoms with van der Waals surface area (Å²) in [5, 5.41) is 4.01. The van der Waals surface area contributed by atoms with Crippen LogP contribution in [0.2, 0.25) is 13.1 Å². The van der Waals surface area contributed by atoms with E-state index in [1.54, 1.807) is 0 Å². The Bertz CT molecular complexity index is 718. The molecule has 0 saturated heterocycles. The van der Waals surface area contributed by atoms with E-state index in [1.807, 2.05) is 0 Å². The van der Waals surface area contributed by atoms with E-state index < -0.39 is 0 Å². The van der Waals surface area contributed by atoms with Gasteiger partial charge in [0.2, 0.25) is 0 Å². The molecule has 0 radical (unpaired) electrons. The van der Waals surface area contributed by atoms with Gasteiger partial charge in [0.05, 0.1) is 0 Å². The summed E-state index contributed by atoms with van der Waals surface area (Å²) in [5.74, 6) is 0. The first-order valence-electron chi connectivity index (χ1n) is 6.90. The first-order chi connectivity index (χ1) is 9.49. The normalized spacial score (nSPS) is 10.4. The first-order valence-corrected chi connectivity index (χ1v) is 9.40. The zero-order chi connectivity index (χ0) is 14.7. The molecule has 0 aliphatic heterocycles. The molecule has 0 unspecified atom stereocenters. The number of nitrogens with one attached hydrogen (secondary N) is 1. The minimum Gasteiger partial charge on any atom is -1.00 e. The Morgan fingerprint density at radius 2 is 1.61 bits per heavy atom. The fourth-order valence-electron chi connectivity index (χ4n) is 2.00. The predicted octanol–water partition coefficient (Wildman–Crippen LogP) is -3.61. The van der Waals surface area contributed by atoms with E-state index in [0.29, 0.717) is 0 Å². The summed E-state index contributed by atoms with van der Waals surface area (Å²) in [6, 6.07) is 8.43. The van der Waals surface area contributed by atoms with Crippen LogP contribution < -0.4 is 35.3 Å². The van der Waals surface area contributed by atoms with Crippen LogP contribution in [-0.4, -0.2) is 18.6 Å². The van der Waals surface area contributed by atoms with Crippen molar-refractivity contribution in [2.75, 3.05) is 0 Å². The van der Waals surface area contributed by atoms with Crippen LogP contribution in [0.25, 0.3) is 12.2 Å². The van der Waals surface area contributed by atoms with Gasteiger partial charge < -0.3 is 29.8 Å². The summed E-state index contributed by atoms with van der Waals surface area (Å²) in [6.45, 7) is 10.8. The molecule has 0 saturated carbocycles. The Morgan fingerprint density at radius 3 is 2.00 bits per heavy atom. The topological polar surface area (TPSA) is 15.8 Å². The molecular formula is C18H21Cl2NSiZr. The third-order valence-electron chi connectivity index (χ3n) is 3.63. The Kier molecular flexibility index (Phi) is 12.4. The van der Waals surface area contributed by atoms with Crippen molar-refractivity contribution in [3.05, 3.63) is 57.7 Å². The van der Waals surface area contributed by atoms with Crippen molar-refractivity contribution >= 4 is 25.7 Å². The van der Waals surface area contributed by atoms with Crippen LogP contribution in [0.4, 0.5) is 0 Å². The molecule has 1 aliphatic rings. The molecule has 0 bridgehead atoms. The Hall–Kier alpha value is -0.210. The second-order valence-electron chi connectivity index (χ2n) is 5.40. The number of aromatic amines is 1. The van der Waals surface area contributed by atoms with Gasteiger partial charge in [-0.1, -0.05) is 39.9 Å². The molecule has 120 valence electrons. The van der Waals surface area contributed by atoms with Gasteiger partial charge in [0, 0.05) is 0 Å². The Morgan fingerprint density at radius 1 is 1.00 bits per heavy atom. The van der Waals surface area contributed by atoms with E-state index in [4.69, 9.17) is 0 Å². The molecule has 1 aliphatic carbocycles. The van der Waals surface area contributed by atoms with E-state index in [9.17, 15) is 0 Å². The maximum atomic E-state index is 3.44. The average molecular weight is 442 g/mol. The van der Waals surface area contributed by atoms with Gasteiger partial charge in [-0.2, -0.15) is 22.4 Å². The largest absolute Gasteiger partial charge is 4.00 e. The van der Waals surface area contributed by atoms with Gasteiger partial charge in [0.15, 0.2) is 0 Å². The van der Waals surface area contributed by atoms with Gasteiger partial charge in [-0.3, -0.25) is 0 Å². The third kappa shape index (κ3) is 6.66. The molecule has 0 atom stereocenters. The zero-order valence-electron chi connectivity index (χ0n) is 14.1. The molecule has 1 aromatic carbocycles. The number of aryl methyl sites for hydroxylation is 2. The monoisotopic (exact) mass is 439 g/mol. The molecule has 3 rings (SSSR count). The zero-order valence-corrected chi connectivity index (χ0v) is 19.1. The van der Waals surface area contributed by atoms with Crippen LogP contribution in [0.1, 0.15) is 16.8 Å². The second kappa shape index (κ2) is 11.4. The first kappa shape index (κ1) is 25.0. The molecule has 1 N–H and O–H groups in total. The minimum absolute atomic E-state index is 0. The molecule has 1 heterocycles. The maximum Gasteiger partial charge on any atom is 4.00 e. The number of H-pyrrole nitrogens is 1. The minimum atomic E-state index is -0.329. The summed E-state index contributed by atoms with van der Waals surface area (Å²) >= 11 is 0. The molecule has 0 fully saturated rings. The van der Waals surface area contributed by atoms with Crippen LogP contribution >= 0.6 is 0 Å². The van der Waals surface area contributed by atoms with Gasteiger partial charge in [-0.05, 0) is 8.41 Å². The van der Waals surface area contributed by atoms with Crippen molar-refractivity contribution in [2.24, 2.45) is 0 Å². The van der Waals surface area contributed by atoms with Crippen LogP contribution in [0.3, 0.4) is 0 Å². The molecule has 0 spiro atoms. The van der Waals surface area contributed by atoms with Crippen molar-refractivity contribution < 1.29 is 51.0 Å². The SMILES string of the molecule is C[Si](C)=C1[C-]=c2ccccc2=C1.Cc1[c-][nH]c(C)c1C.[Cl-].[Cl-].[Zr+4]. The maximum absolute atomic E-state index is 3.44. The van der Waals surface area contributed by atoms with Gasteiger partial charge in [0.1, 0.15) is 0 Å². The number of hydrogen-bond donors (Lipinski definition) is 1. The summed E-state index contributed by atoms with van der Waals surface area (Å²) < 4.78 is 0. The van der Waals surface area contributed by atoms with Gasteiger partial charge in [-0.15, -0.1) is 46.6 Å². The van der Waals surface area contributed by atoms with Gasteiger partial charge in [0.25, 0.3) is 0 Å². The number of halogens is 2. The van der Waals surface area contributed by atoms with Crippen LogP contribution in [-0.2, 0) is 26.2 Å². The summed E-state index contributed by atoms with van der Waals surface area (Å²) in [7, 11) is -0.329. The summed E-state index contributed by atoms with van der Waals surface area (Å²) in [6.07, 6.45) is 8.72. The Balaban J connectivity index is 0. The van der Waals surface area contributed by atoms with Crippen molar-refractivity contribution in [3.63, 3.8) is 0 Å². The molecule has 1 nitrogen and oxygen atoms in total. The van der Waals surface area contributed by atoms with Gasteiger partial charge >= 0.3 is 26.2 Å². The molecule has 1 aromatic heterocycles. The fourth-order valence-corrected chi connectivity index (χ4v) is 2.83. The second-order valence-corrected chi connectivity index (χ2v) is 7.93. The predicted molar refractivity (Wildman–Crippen MR) is 89.9 cm³/mol. The van der Waals surface area contributed by atoms with Crippen molar-refractivity contribution in [2.45, 2.75) is 33.9 Å². The average Bonchev–Trinajstić information content (AvgIpc) is 2.99. The number of aromatic nitrogens is 1. The molecule has 23 heavy (non-hydrogen) atoms. The number of rotatable bonds is 0. The van der Waals surface area contributed by atoms with Crippen LogP contribution in [0, 0.1) is 27.0 Å². The van der Waals surface area contributed by atoms with Crippen molar-refractivity contribution in [1.29, 1.82) is 0 Å². The molecular weight excluding hydrogens is 420 g/mol. The fraction of sp³-hybridized carbons (Fsp3) is 0.278. The number of hydrogen-bond acceptors (Lipinski definition) is 0. The van der Waals surface area contributed by atoms with E-state index in [-0.39, 0.29) is 59.4 Å². The molecule has 2 aromatic rings. The van der Waals surface area contributed by atoms with E-state index in [2.05, 4.69) is 81.5 Å².